The van der Waals surface area contributed by atoms with E-state index in [1.807, 2.05) is 0 Å². The Balaban J connectivity index is 1.73. The third kappa shape index (κ3) is 3.34. The third-order valence-corrected chi connectivity index (χ3v) is 3.17. The number of halogens is 1. The standard InChI is InChI=1S/C11H16ClN3/c12-10-7-11(15-8-14-10)13-6-5-9-3-1-2-4-9/h7-9H,1-6H2,(H,13,14,15). The van der Waals surface area contributed by atoms with Gasteiger partial charge in [-0.2, -0.15) is 0 Å². The van der Waals surface area contributed by atoms with E-state index in [9.17, 15) is 0 Å². The molecule has 0 unspecified atom stereocenters. The Morgan fingerprint density at radius 1 is 1.33 bits per heavy atom. The minimum absolute atomic E-state index is 0.494. The fourth-order valence-corrected chi connectivity index (χ4v) is 2.28. The van der Waals surface area contributed by atoms with E-state index in [0.29, 0.717) is 5.15 Å². The van der Waals surface area contributed by atoms with Crippen molar-refractivity contribution in [3.05, 3.63) is 17.5 Å². The first-order chi connectivity index (χ1) is 7.34. The van der Waals surface area contributed by atoms with E-state index < -0.39 is 0 Å². The van der Waals surface area contributed by atoms with Crippen molar-refractivity contribution >= 4 is 17.4 Å². The lowest BCUT2D eigenvalue weighted by molar-refractivity contribution is 0.518. The van der Waals surface area contributed by atoms with Crippen LogP contribution in [0, 0.1) is 5.92 Å². The molecule has 0 amide bonds. The van der Waals surface area contributed by atoms with Crippen LogP contribution < -0.4 is 5.32 Å². The summed E-state index contributed by atoms with van der Waals surface area (Å²) in [7, 11) is 0. The fourth-order valence-electron chi connectivity index (χ4n) is 2.13. The summed E-state index contributed by atoms with van der Waals surface area (Å²) in [4.78, 5) is 7.94. The number of nitrogens with zero attached hydrogens (tertiary/aromatic N) is 2. The van der Waals surface area contributed by atoms with Crippen molar-refractivity contribution in [3.63, 3.8) is 0 Å². The molecule has 0 atom stereocenters. The van der Waals surface area contributed by atoms with Crippen LogP contribution in [0.4, 0.5) is 5.82 Å². The van der Waals surface area contributed by atoms with Crippen molar-refractivity contribution in [1.82, 2.24) is 9.97 Å². The SMILES string of the molecule is Clc1cc(NCCC2CCCC2)ncn1. The first-order valence-electron chi connectivity index (χ1n) is 5.56. The van der Waals surface area contributed by atoms with Crippen LogP contribution >= 0.6 is 11.6 Å². The highest BCUT2D eigenvalue weighted by atomic mass is 35.5. The van der Waals surface area contributed by atoms with Crippen molar-refractivity contribution in [2.75, 3.05) is 11.9 Å². The molecule has 1 aliphatic carbocycles. The zero-order valence-corrected chi connectivity index (χ0v) is 9.50. The second-order valence-corrected chi connectivity index (χ2v) is 4.48. The van der Waals surface area contributed by atoms with Gasteiger partial charge in [-0.15, -0.1) is 0 Å². The normalized spacial score (nSPS) is 16.9. The number of aromatic nitrogens is 2. The van der Waals surface area contributed by atoms with E-state index in [2.05, 4.69) is 15.3 Å². The van der Waals surface area contributed by atoms with E-state index in [1.54, 1.807) is 6.07 Å². The second-order valence-electron chi connectivity index (χ2n) is 4.09. The van der Waals surface area contributed by atoms with Crippen LogP contribution in [0.5, 0.6) is 0 Å². The van der Waals surface area contributed by atoms with Gasteiger partial charge in [-0.05, 0) is 12.3 Å². The fraction of sp³-hybridized carbons (Fsp3) is 0.636. The van der Waals surface area contributed by atoms with Crippen LogP contribution in [-0.4, -0.2) is 16.5 Å². The summed E-state index contributed by atoms with van der Waals surface area (Å²) in [6, 6.07) is 1.76. The molecule has 2 rings (SSSR count). The van der Waals surface area contributed by atoms with Crippen LogP contribution in [0.2, 0.25) is 5.15 Å². The Kier molecular flexibility index (Phi) is 3.78. The van der Waals surface area contributed by atoms with Gasteiger partial charge in [0.2, 0.25) is 0 Å². The van der Waals surface area contributed by atoms with Gasteiger partial charge in [0.15, 0.2) is 0 Å². The molecule has 1 aromatic heterocycles. The molecule has 3 nitrogen and oxygen atoms in total. The summed E-state index contributed by atoms with van der Waals surface area (Å²) in [5.74, 6) is 1.74. The van der Waals surface area contributed by atoms with Crippen LogP contribution in [0.1, 0.15) is 32.1 Å². The van der Waals surface area contributed by atoms with Gasteiger partial charge in [0, 0.05) is 12.6 Å². The molecule has 0 aromatic carbocycles. The summed E-state index contributed by atoms with van der Waals surface area (Å²) in [6.07, 6.45) is 8.33. The van der Waals surface area contributed by atoms with Gasteiger partial charge in [-0.25, -0.2) is 9.97 Å². The van der Waals surface area contributed by atoms with Gasteiger partial charge in [0.1, 0.15) is 17.3 Å². The van der Waals surface area contributed by atoms with E-state index in [4.69, 9.17) is 11.6 Å². The second kappa shape index (κ2) is 5.31. The Hall–Kier alpha value is -0.830. The Labute approximate surface area is 95.3 Å². The van der Waals surface area contributed by atoms with Gasteiger partial charge in [-0.1, -0.05) is 37.3 Å². The van der Waals surface area contributed by atoms with E-state index in [1.165, 1.54) is 38.4 Å². The minimum Gasteiger partial charge on any atom is -0.370 e. The molecule has 1 saturated carbocycles. The summed E-state index contributed by atoms with van der Waals surface area (Å²) in [6.45, 7) is 0.984. The Morgan fingerprint density at radius 3 is 2.87 bits per heavy atom. The van der Waals surface area contributed by atoms with E-state index >= 15 is 0 Å². The first-order valence-corrected chi connectivity index (χ1v) is 5.94. The number of anilines is 1. The minimum atomic E-state index is 0.494. The molecule has 0 radical (unpaired) electrons. The monoisotopic (exact) mass is 225 g/mol. The maximum atomic E-state index is 5.76. The molecule has 1 aromatic rings. The topological polar surface area (TPSA) is 37.8 Å². The zero-order valence-electron chi connectivity index (χ0n) is 8.75. The van der Waals surface area contributed by atoms with Crippen molar-refractivity contribution in [2.24, 2.45) is 5.92 Å². The number of hydrogen-bond acceptors (Lipinski definition) is 3. The van der Waals surface area contributed by atoms with Crippen LogP contribution in [-0.2, 0) is 0 Å². The Morgan fingerprint density at radius 2 is 2.13 bits per heavy atom. The van der Waals surface area contributed by atoms with Gasteiger partial charge in [0.05, 0.1) is 0 Å². The zero-order chi connectivity index (χ0) is 10.5. The molecule has 0 spiro atoms. The first kappa shape index (κ1) is 10.7. The molecule has 1 N–H and O–H groups in total. The highest BCUT2D eigenvalue weighted by molar-refractivity contribution is 6.29. The lowest BCUT2D eigenvalue weighted by atomic mass is 10.0. The van der Waals surface area contributed by atoms with Crippen LogP contribution in [0.15, 0.2) is 12.4 Å². The molecule has 0 saturated heterocycles. The quantitative estimate of drug-likeness (QED) is 0.801. The molecule has 4 heteroatoms. The molecule has 1 aliphatic rings. The maximum Gasteiger partial charge on any atom is 0.134 e. The molecule has 1 fully saturated rings. The highest BCUT2D eigenvalue weighted by Gasteiger charge is 2.13. The van der Waals surface area contributed by atoms with Gasteiger partial charge >= 0.3 is 0 Å². The van der Waals surface area contributed by atoms with Crippen molar-refractivity contribution < 1.29 is 0 Å². The molecule has 0 aliphatic heterocycles. The summed E-state index contributed by atoms with van der Waals surface area (Å²) < 4.78 is 0. The summed E-state index contributed by atoms with van der Waals surface area (Å²) in [5.41, 5.74) is 0. The predicted octanol–water partition coefficient (Wildman–Crippen LogP) is 3.12. The molecule has 1 heterocycles. The van der Waals surface area contributed by atoms with Gasteiger partial charge in [-0.3, -0.25) is 0 Å². The smallest absolute Gasteiger partial charge is 0.134 e. The molecule has 15 heavy (non-hydrogen) atoms. The van der Waals surface area contributed by atoms with Gasteiger partial charge in [0.25, 0.3) is 0 Å². The van der Waals surface area contributed by atoms with Gasteiger partial charge < -0.3 is 5.32 Å². The van der Waals surface area contributed by atoms with Crippen molar-refractivity contribution in [2.45, 2.75) is 32.1 Å². The lowest BCUT2D eigenvalue weighted by Gasteiger charge is -2.09. The van der Waals surface area contributed by atoms with Crippen LogP contribution in [0.3, 0.4) is 0 Å². The average molecular weight is 226 g/mol. The number of hydrogen-bond donors (Lipinski definition) is 1. The van der Waals surface area contributed by atoms with E-state index in [0.717, 1.165) is 18.3 Å². The highest BCUT2D eigenvalue weighted by Crippen LogP contribution is 2.27. The lowest BCUT2D eigenvalue weighted by Crippen LogP contribution is -2.07. The van der Waals surface area contributed by atoms with Crippen LogP contribution in [0.25, 0.3) is 0 Å². The summed E-state index contributed by atoms with van der Waals surface area (Å²) >= 11 is 5.76. The molecular formula is C11H16ClN3. The number of nitrogens with one attached hydrogen (secondary N) is 1. The molecule has 0 bridgehead atoms. The largest absolute Gasteiger partial charge is 0.370 e. The van der Waals surface area contributed by atoms with Crippen molar-refractivity contribution in [1.29, 1.82) is 0 Å². The maximum absolute atomic E-state index is 5.76. The molecule has 82 valence electrons. The third-order valence-electron chi connectivity index (χ3n) is 2.97. The number of rotatable bonds is 4. The van der Waals surface area contributed by atoms with E-state index in [-0.39, 0.29) is 0 Å². The van der Waals surface area contributed by atoms with Crippen molar-refractivity contribution in [3.8, 4) is 0 Å². The Bertz CT molecular complexity index is 310. The molecular weight excluding hydrogens is 210 g/mol. The summed E-state index contributed by atoms with van der Waals surface area (Å²) in [5, 5.41) is 3.77. The predicted molar refractivity (Wildman–Crippen MR) is 62.1 cm³/mol. The average Bonchev–Trinajstić information content (AvgIpc) is 2.71.